The Labute approximate surface area is 179 Å². The van der Waals surface area contributed by atoms with Crippen molar-refractivity contribution in [2.75, 3.05) is 31.2 Å². The first-order valence-electron chi connectivity index (χ1n) is 10.2. The standard InChI is InChI=1S/C22H22N8O/c1-16-5-4-6-17(25-16)15-24-27-20-14-22(29-9-11-31-12-10-29)30-21(26-20)13-19(28-30)18-7-2-3-8-23-18/h2-8,13-14H,9-12,15H2,1H3. The molecule has 5 rings (SSSR count). The van der Waals surface area contributed by atoms with E-state index in [0.717, 1.165) is 41.7 Å². The van der Waals surface area contributed by atoms with Crippen molar-refractivity contribution in [2.24, 2.45) is 10.2 Å². The van der Waals surface area contributed by atoms with Crippen LogP contribution in [0, 0.1) is 6.92 Å². The summed E-state index contributed by atoms with van der Waals surface area (Å²) in [6, 6.07) is 15.5. The summed E-state index contributed by atoms with van der Waals surface area (Å²) in [6.45, 7) is 5.27. The fourth-order valence-corrected chi connectivity index (χ4v) is 3.52. The van der Waals surface area contributed by atoms with E-state index in [0.29, 0.717) is 31.2 Å². The van der Waals surface area contributed by atoms with Gasteiger partial charge in [0.2, 0.25) is 0 Å². The molecule has 9 heteroatoms. The summed E-state index contributed by atoms with van der Waals surface area (Å²) >= 11 is 0. The average molecular weight is 414 g/mol. The molecular formula is C22H22N8O. The van der Waals surface area contributed by atoms with Gasteiger partial charge in [-0.3, -0.25) is 9.97 Å². The Kier molecular flexibility index (Phi) is 5.32. The lowest BCUT2D eigenvalue weighted by atomic mass is 10.3. The highest BCUT2D eigenvalue weighted by Gasteiger charge is 2.18. The van der Waals surface area contributed by atoms with Gasteiger partial charge in [-0.2, -0.15) is 14.7 Å². The van der Waals surface area contributed by atoms with Gasteiger partial charge in [0.05, 0.1) is 24.6 Å². The highest BCUT2D eigenvalue weighted by Crippen LogP contribution is 2.26. The van der Waals surface area contributed by atoms with Gasteiger partial charge in [0.25, 0.3) is 0 Å². The quantitative estimate of drug-likeness (QED) is 0.463. The molecule has 31 heavy (non-hydrogen) atoms. The molecule has 1 saturated heterocycles. The zero-order chi connectivity index (χ0) is 21.0. The number of pyridine rings is 2. The summed E-state index contributed by atoms with van der Waals surface area (Å²) < 4.78 is 7.36. The third kappa shape index (κ3) is 4.26. The SMILES string of the molecule is Cc1cccc(CN=Nc2cc(N3CCOCC3)n3nc(-c4ccccn4)cc3n2)n1. The summed E-state index contributed by atoms with van der Waals surface area (Å²) in [6.07, 6.45) is 1.76. The molecule has 0 bridgehead atoms. The molecular weight excluding hydrogens is 392 g/mol. The van der Waals surface area contributed by atoms with Crippen LogP contribution in [0.25, 0.3) is 17.0 Å². The number of aryl methyl sites for hydroxylation is 1. The number of hydrogen-bond donors (Lipinski definition) is 0. The van der Waals surface area contributed by atoms with Crippen molar-refractivity contribution >= 4 is 17.3 Å². The third-order valence-corrected chi connectivity index (χ3v) is 5.01. The molecule has 4 aromatic rings. The number of morpholine rings is 1. The van der Waals surface area contributed by atoms with E-state index in [1.54, 1.807) is 6.20 Å². The van der Waals surface area contributed by atoms with E-state index in [4.69, 9.17) is 9.84 Å². The summed E-state index contributed by atoms with van der Waals surface area (Å²) in [7, 11) is 0. The molecule has 0 unspecified atom stereocenters. The zero-order valence-corrected chi connectivity index (χ0v) is 17.2. The molecule has 4 aromatic heterocycles. The fraction of sp³-hybridized carbons (Fsp3) is 0.273. The van der Waals surface area contributed by atoms with Crippen LogP contribution < -0.4 is 4.90 Å². The Morgan fingerprint density at radius 3 is 2.71 bits per heavy atom. The lowest BCUT2D eigenvalue weighted by Gasteiger charge is -2.28. The van der Waals surface area contributed by atoms with E-state index >= 15 is 0 Å². The van der Waals surface area contributed by atoms with Crippen molar-refractivity contribution in [1.82, 2.24) is 24.6 Å². The minimum absolute atomic E-state index is 0.403. The van der Waals surface area contributed by atoms with E-state index in [1.165, 1.54) is 0 Å². The molecule has 0 saturated carbocycles. The number of ether oxygens (including phenoxy) is 1. The van der Waals surface area contributed by atoms with E-state index in [2.05, 4.69) is 30.1 Å². The second kappa shape index (κ2) is 8.57. The van der Waals surface area contributed by atoms with E-state index in [1.807, 2.05) is 60.0 Å². The summed E-state index contributed by atoms with van der Waals surface area (Å²) in [4.78, 5) is 15.8. The number of nitrogens with zero attached hydrogens (tertiary/aromatic N) is 8. The molecule has 9 nitrogen and oxygen atoms in total. The summed E-state index contributed by atoms with van der Waals surface area (Å²) in [5, 5.41) is 13.5. The monoisotopic (exact) mass is 414 g/mol. The topological polar surface area (TPSA) is 93.2 Å². The summed E-state index contributed by atoms with van der Waals surface area (Å²) in [5.74, 6) is 1.45. The van der Waals surface area contributed by atoms with Crippen molar-refractivity contribution in [3.05, 3.63) is 66.1 Å². The first kappa shape index (κ1) is 19.3. The number of rotatable bonds is 5. The molecule has 0 radical (unpaired) electrons. The van der Waals surface area contributed by atoms with E-state index in [9.17, 15) is 0 Å². The maximum Gasteiger partial charge on any atom is 0.179 e. The van der Waals surface area contributed by atoms with Crippen LogP contribution in [0.4, 0.5) is 11.6 Å². The molecule has 0 spiro atoms. The minimum Gasteiger partial charge on any atom is -0.378 e. The number of azo groups is 1. The number of hydrogen-bond acceptors (Lipinski definition) is 8. The van der Waals surface area contributed by atoms with E-state index < -0.39 is 0 Å². The summed E-state index contributed by atoms with van der Waals surface area (Å²) in [5.41, 5.74) is 4.10. The van der Waals surface area contributed by atoms with Crippen LogP contribution >= 0.6 is 0 Å². The van der Waals surface area contributed by atoms with Crippen LogP contribution in [-0.2, 0) is 11.3 Å². The Morgan fingerprint density at radius 2 is 1.90 bits per heavy atom. The maximum atomic E-state index is 5.52. The van der Waals surface area contributed by atoms with Crippen molar-refractivity contribution in [3.63, 3.8) is 0 Å². The molecule has 1 aliphatic heterocycles. The van der Waals surface area contributed by atoms with Crippen molar-refractivity contribution in [3.8, 4) is 11.4 Å². The van der Waals surface area contributed by atoms with Crippen molar-refractivity contribution < 1.29 is 4.74 Å². The molecule has 1 aliphatic rings. The van der Waals surface area contributed by atoms with Crippen LogP contribution in [0.15, 0.2) is 65.0 Å². The van der Waals surface area contributed by atoms with Crippen LogP contribution in [0.2, 0.25) is 0 Å². The van der Waals surface area contributed by atoms with Crippen LogP contribution in [0.5, 0.6) is 0 Å². The van der Waals surface area contributed by atoms with Gasteiger partial charge in [0.1, 0.15) is 18.1 Å². The second-order valence-electron chi connectivity index (χ2n) is 7.26. The van der Waals surface area contributed by atoms with Crippen LogP contribution in [0.3, 0.4) is 0 Å². The molecule has 5 heterocycles. The maximum absolute atomic E-state index is 5.52. The van der Waals surface area contributed by atoms with Gasteiger partial charge in [-0.25, -0.2) is 4.98 Å². The van der Waals surface area contributed by atoms with Gasteiger partial charge in [0, 0.05) is 37.1 Å². The first-order chi connectivity index (χ1) is 15.3. The van der Waals surface area contributed by atoms with E-state index in [-0.39, 0.29) is 0 Å². The lowest BCUT2D eigenvalue weighted by molar-refractivity contribution is 0.122. The fourth-order valence-electron chi connectivity index (χ4n) is 3.52. The normalized spacial score (nSPS) is 14.5. The van der Waals surface area contributed by atoms with Crippen molar-refractivity contribution in [2.45, 2.75) is 13.5 Å². The number of aromatic nitrogens is 5. The molecule has 1 fully saturated rings. The Balaban J connectivity index is 1.51. The molecule has 0 atom stereocenters. The smallest absolute Gasteiger partial charge is 0.179 e. The predicted octanol–water partition coefficient (Wildman–Crippen LogP) is 3.62. The third-order valence-electron chi connectivity index (χ3n) is 5.01. The first-order valence-corrected chi connectivity index (χ1v) is 10.2. The predicted molar refractivity (Wildman–Crippen MR) is 116 cm³/mol. The van der Waals surface area contributed by atoms with Gasteiger partial charge in [0.15, 0.2) is 11.5 Å². The second-order valence-corrected chi connectivity index (χ2v) is 7.26. The average Bonchev–Trinajstić information content (AvgIpc) is 3.24. The lowest BCUT2D eigenvalue weighted by Crippen LogP contribution is -2.37. The Hall–Kier alpha value is -3.72. The molecule has 0 aliphatic carbocycles. The number of anilines is 1. The number of fused-ring (bicyclic) bond motifs is 1. The van der Waals surface area contributed by atoms with Gasteiger partial charge in [-0.05, 0) is 31.2 Å². The Bertz CT molecular complexity index is 1210. The molecule has 0 N–H and O–H groups in total. The van der Waals surface area contributed by atoms with Crippen LogP contribution in [-0.4, -0.2) is 50.9 Å². The van der Waals surface area contributed by atoms with Gasteiger partial charge in [-0.15, -0.1) is 5.11 Å². The van der Waals surface area contributed by atoms with Gasteiger partial charge >= 0.3 is 0 Å². The zero-order valence-electron chi connectivity index (χ0n) is 17.2. The largest absolute Gasteiger partial charge is 0.378 e. The molecule has 0 amide bonds. The van der Waals surface area contributed by atoms with Gasteiger partial charge < -0.3 is 9.64 Å². The highest BCUT2D eigenvalue weighted by molar-refractivity contribution is 5.65. The van der Waals surface area contributed by atoms with Crippen LogP contribution in [0.1, 0.15) is 11.4 Å². The van der Waals surface area contributed by atoms with Crippen molar-refractivity contribution in [1.29, 1.82) is 0 Å². The minimum atomic E-state index is 0.403. The molecule has 156 valence electrons. The van der Waals surface area contributed by atoms with Gasteiger partial charge in [-0.1, -0.05) is 12.1 Å². The Morgan fingerprint density at radius 1 is 1.00 bits per heavy atom. The highest BCUT2D eigenvalue weighted by atomic mass is 16.5. The molecule has 0 aromatic carbocycles.